The molecule has 2 heterocycles. The number of aryl methyl sites for hydroxylation is 2. The highest BCUT2D eigenvalue weighted by molar-refractivity contribution is 9.10. The number of nitrogen functional groups attached to an aromatic ring is 1. The van der Waals surface area contributed by atoms with Gasteiger partial charge in [-0.2, -0.15) is 5.10 Å². The normalized spacial score (nSPS) is 14.6. The van der Waals surface area contributed by atoms with Crippen LogP contribution in [0.2, 0.25) is 0 Å². The van der Waals surface area contributed by atoms with Gasteiger partial charge >= 0.3 is 0 Å². The van der Waals surface area contributed by atoms with E-state index in [1.165, 1.54) is 5.56 Å². The summed E-state index contributed by atoms with van der Waals surface area (Å²) < 4.78 is 2.45. The van der Waals surface area contributed by atoms with Crippen molar-refractivity contribution in [2.45, 2.75) is 12.8 Å². The van der Waals surface area contributed by atoms with Crippen molar-refractivity contribution in [2.24, 2.45) is 7.05 Å². The van der Waals surface area contributed by atoms with Crippen LogP contribution < -0.4 is 10.6 Å². The summed E-state index contributed by atoms with van der Waals surface area (Å²) in [5.74, 6) is 0.763. The van der Waals surface area contributed by atoms with Crippen LogP contribution in [0.3, 0.4) is 0 Å². The van der Waals surface area contributed by atoms with E-state index >= 15 is 0 Å². The summed E-state index contributed by atoms with van der Waals surface area (Å²) in [6, 6.07) is 6.03. The highest BCUT2D eigenvalue weighted by atomic mass is 79.9. The first-order valence-electron chi connectivity index (χ1n) is 6.37. The largest absolute Gasteiger partial charge is 0.383 e. The molecular weight excluding hydrogens is 320 g/mol. The summed E-state index contributed by atoms with van der Waals surface area (Å²) in [6.07, 6.45) is 1.32. The van der Waals surface area contributed by atoms with Gasteiger partial charge in [-0.15, -0.1) is 0 Å². The van der Waals surface area contributed by atoms with Crippen molar-refractivity contribution in [1.82, 2.24) is 9.78 Å². The molecule has 0 saturated carbocycles. The molecule has 0 radical (unpaired) electrons. The van der Waals surface area contributed by atoms with Crippen LogP contribution in [0.4, 0.5) is 11.5 Å². The molecule has 0 fully saturated rings. The lowest BCUT2D eigenvalue weighted by molar-refractivity contribution is -0.118. The van der Waals surface area contributed by atoms with Crippen molar-refractivity contribution in [1.29, 1.82) is 0 Å². The molecule has 0 spiro atoms. The zero-order chi connectivity index (χ0) is 14.4. The van der Waals surface area contributed by atoms with Gasteiger partial charge in [-0.05, 0) is 40.0 Å². The molecule has 0 saturated heterocycles. The topological polar surface area (TPSA) is 64.2 Å². The molecular formula is C14H15BrN4O. The Morgan fingerprint density at radius 3 is 2.70 bits per heavy atom. The van der Waals surface area contributed by atoms with Gasteiger partial charge in [-0.25, -0.2) is 0 Å². The Morgan fingerprint density at radius 1 is 1.30 bits per heavy atom. The molecule has 1 aliphatic rings. The Morgan fingerprint density at radius 2 is 2.05 bits per heavy atom. The third kappa shape index (κ3) is 1.91. The summed E-state index contributed by atoms with van der Waals surface area (Å²) in [5.41, 5.74) is 9.89. The van der Waals surface area contributed by atoms with Crippen LogP contribution in [-0.4, -0.2) is 22.7 Å². The van der Waals surface area contributed by atoms with Crippen LogP contribution in [0.25, 0.3) is 11.3 Å². The third-order valence-electron chi connectivity index (χ3n) is 3.73. The second-order valence-corrected chi connectivity index (χ2v) is 5.76. The maximum atomic E-state index is 11.7. The van der Waals surface area contributed by atoms with Crippen LogP contribution in [-0.2, 0) is 18.3 Å². The van der Waals surface area contributed by atoms with E-state index in [0.29, 0.717) is 12.2 Å². The highest BCUT2D eigenvalue weighted by Crippen LogP contribution is 2.35. The van der Waals surface area contributed by atoms with Crippen molar-refractivity contribution in [3.8, 4) is 11.3 Å². The molecule has 6 heteroatoms. The number of nitrogens with two attached hydrogens (primary N) is 1. The molecule has 0 atom stereocenters. The van der Waals surface area contributed by atoms with Crippen molar-refractivity contribution in [3.63, 3.8) is 0 Å². The second-order valence-electron chi connectivity index (χ2n) is 4.97. The minimum absolute atomic E-state index is 0.161. The SMILES string of the molecule is CN1C(=O)CCc2cc(-c3nn(C)c(N)c3Br)ccc21. The molecule has 2 N–H and O–H groups in total. The molecule has 5 nitrogen and oxygen atoms in total. The number of anilines is 2. The van der Waals surface area contributed by atoms with E-state index in [4.69, 9.17) is 5.73 Å². The fourth-order valence-corrected chi connectivity index (χ4v) is 3.06. The van der Waals surface area contributed by atoms with Gasteiger partial charge in [0.25, 0.3) is 0 Å². The van der Waals surface area contributed by atoms with Crippen LogP contribution in [0.15, 0.2) is 22.7 Å². The van der Waals surface area contributed by atoms with Gasteiger partial charge < -0.3 is 10.6 Å². The summed E-state index contributed by atoms with van der Waals surface area (Å²) in [7, 11) is 3.63. The standard InChI is InChI=1S/C14H15BrN4O/c1-18-10-5-3-9(7-8(10)4-6-11(18)20)13-12(15)14(16)19(2)17-13/h3,5,7H,4,6,16H2,1-2H3. The average molecular weight is 335 g/mol. The lowest BCUT2D eigenvalue weighted by Gasteiger charge is -2.26. The molecule has 20 heavy (non-hydrogen) atoms. The average Bonchev–Trinajstić information content (AvgIpc) is 2.70. The Labute approximate surface area is 125 Å². The maximum Gasteiger partial charge on any atom is 0.227 e. The monoisotopic (exact) mass is 334 g/mol. The maximum absolute atomic E-state index is 11.7. The molecule has 0 bridgehead atoms. The van der Waals surface area contributed by atoms with Crippen LogP contribution in [0, 0.1) is 0 Å². The number of nitrogens with zero attached hydrogens (tertiary/aromatic N) is 3. The molecule has 0 unspecified atom stereocenters. The number of carbonyl (C=O) groups excluding carboxylic acids is 1. The number of fused-ring (bicyclic) bond motifs is 1. The van der Waals surface area contributed by atoms with Crippen LogP contribution >= 0.6 is 15.9 Å². The number of halogens is 1. The van der Waals surface area contributed by atoms with E-state index in [0.717, 1.165) is 27.8 Å². The van der Waals surface area contributed by atoms with E-state index in [2.05, 4.69) is 27.1 Å². The van der Waals surface area contributed by atoms with E-state index in [1.807, 2.05) is 26.2 Å². The van der Waals surface area contributed by atoms with Gasteiger partial charge in [-0.1, -0.05) is 6.07 Å². The van der Waals surface area contributed by atoms with Crippen LogP contribution in [0.5, 0.6) is 0 Å². The molecule has 1 aliphatic heterocycles. The molecule has 104 valence electrons. The molecule has 1 aromatic carbocycles. The number of benzene rings is 1. The summed E-state index contributed by atoms with van der Waals surface area (Å²) in [6.45, 7) is 0. The third-order valence-corrected chi connectivity index (χ3v) is 4.51. The predicted octanol–water partition coefficient (Wildman–Crippen LogP) is 2.34. The Balaban J connectivity index is 2.09. The molecule has 1 amide bonds. The van der Waals surface area contributed by atoms with Gasteiger partial charge in [0.05, 0.1) is 4.47 Å². The van der Waals surface area contributed by atoms with Gasteiger partial charge in [0.2, 0.25) is 5.91 Å². The lowest BCUT2D eigenvalue weighted by atomic mass is 9.98. The Hall–Kier alpha value is -1.82. The number of hydrogen-bond acceptors (Lipinski definition) is 3. The van der Waals surface area contributed by atoms with Gasteiger partial charge in [0.1, 0.15) is 11.5 Å². The van der Waals surface area contributed by atoms with E-state index in [1.54, 1.807) is 9.58 Å². The van der Waals surface area contributed by atoms with Gasteiger partial charge in [-0.3, -0.25) is 9.48 Å². The molecule has 1 aromatic heterocycles. The van der Waals surface area contributed by atoms with E-state index in [9.17, 15) is 4.79 Å². The lowest BCUT2D eigenvalue weighted by Crippen LogP contribution is -2.30. The quantitative estimate of drug-likeness (QED) is 0.870. The first-order chi connectivity index (χ1) is 9.49. The Kier molecular flexibility index (Phi) is 3.05. The first kappa shape index (κ1) is 13.2. The Bertz CT molecular complexity index is 707. The molecule has 0 aliphatic carbocycles. The minimum Gasteiger partial charge on any atom is -0.383 e. The minimum atomic E-state index is 0.161. The summed E-state index contributed by atoms with van der Waals surface area (Å²) in [5, 5.41) is 4.43. The zero-order valence-electron chi connectivity index (χ0n) is 11.4. The van der Waals surface area contributed by atoms with Crippen molar-refractivity contribution >= 4 is 33.3 Å². The number of carbonyl (C=O) groups is 1. The van der Waals surface area contributed by atoms with Crippen LogP contribution in [0.1, 0.15) is 12.0 Å². The molecule has 2 aromatic rings. The molecule has 3 rings (SSSR count). The number of aromatic nitrogens is 2. The zero-order valence-corrected chi connectivity index (χ0v) is 12.9. The van der Waals surface area contributed by atoms with Crippen molar-refractivity contribution in [3.05, 3.63) is 28.2 Å². The van der Waals surface area contributed by atoms with E-state index in [-0.39, 0.29) is 5.91 Å². The fraction of sp³-hybridized carbons (Fsp3) is 0.286. The number of hydrogen-bond donors (Lipinski definition) is 1. The summed E-state index contributed by atoms with van der Waals surface area (Å²) in [4.78, 5) is 13.4. The number of amides is 1. The summed E-state index contributed by atoms with van der Waals surface area (Å²) >= 11 is 3.48. The fourth-order valence-electron chi connectivity index (χ4n) is 2.50. The van der Waals surface area contributed by atoms with Gasteiger partial charge in [0.15, 0.2) is 0 Å². The highest BCUT2D eigenvalue weighted by Gasteiger charge is 2.22. The smallest absolute Gasteiger partial charge is 0.227 e. The first-order valence-corrected chi connectivity index (χ1v) is 7.16. The predicted molar refractivity (Wildman–Crippen MR) is 82.5 cm³/mol. The second kappa shape index (κ2) is 4.63. The van der Waals surface area contributed by atoms with Crippen molar-refractivity contribution < 1.29 is 4.79 Å². The van der Waals surface area contributed by atoms with Crippen molar-refractivity contribution in [2.75, 3.05) is 17.7 Å². The van der Waals surface area contributed by atoms with E-state index < -0.39 is 0 Å². The number of rotatable bonds is 1. The van der Waals surface area contributed by atoms with Gasteiger partial charge in [0, 0.05) is 31.8 Å².